The van der Waals surface area contributed by atoms with Gasteiger partial charge in [0.05, 0.1) is 15.7 Å². The fourth-order valence-corrected chi connectivity index (χ4v) is 3.98. The minimum Gasteiger partial charge on any atom is -0.322 e. The van der Waals surface area contributed by atoms with Gasteiger partial charge in [-0.15, -0.1) is 0 Å². The highest BCUT2D eigenvalue weighted by Gasteiger charge is 2.25. The van der Waals surface area contributed by atoms with Gasteiger partial charge in [-0.3, -0.25) is 4.79 Å². The van der Waals surface area contributed by atoms with Crippen molar-refractivity contribution in [3.05, 3.63) is 63.1 Å². The van der Waals surface area contributed by atoms with E-state index >= 15 is 0 Å². The molecular formula is C19H22Cl3N3O+2. The van der Waals surface area contributed by atoms with Gasteiger partial charge in [0, 0.05) is 10.6 Å². The van der Waals surface area contributed by atoms with E-state index in [9.17, 15) is 4.79 Å². The van der Waals surface area contributed by atoms with E-state index in [4.69, 9.17) is 34.8 Å². The predicted octanol–water partition coefficient (Wildman–Crippen LogP) is 1.57. The lowest BCUT2D eigenvalue weighted by Crippen LogP contribution is -3.28. The lowest BCUT2D eigenvalue weighted by atomic mass is 10.2. The number of quaternary nitrogens is 2. The number of nitrogens with one attached hydrogen (secondary N) is 3. The summed E-state index contributed by atoms with van der Waals surface area (Å²) in [5.41, 5.74) is 1.74. The molecule has 2 aromatic rings. The van der Waals surface area contributed by atoms with Gasteiger partial charge in [0.25, 0.3) is 5.91 Å². The zero-order valence-corrected chi connectivity index (χ0v) is 16.6. The van der Waals surface area contributed by atoms with E-state index in [-0.39, 0.29) is 5.91 Å². The minimum atomic E-state index is -0.0618. The average molecular weight is 415 g/mol. The number of piperazine rings is 1. The minimum absolute atomic E-state index is 0.0618. The van der Waals surface area contributed by atoms with Crippen molar-refractivity contribution in [3.8, 4) is 0 Å². The molecule has 3 rings (SSSR count). The Balaban J connectivity index is 1.47. The highest BCUT2D eigenvalue weighted by atomic mass is 35.5. The Kier molecular flexibility index (Phi) is 6.79. The summed E-state index contributed by atoms with van der Waals surface area (Å²) in [6.45, 7) is 5.37. The van der Waals surface area contributed by atoms with Gasteiger partial charge in [0.2, 0.25) is 0 Å². The number of carbonyl (C=O) groups excluding carboxylic acids is 1. The van der Waals surface area contributed by atoms with Crippen LogP contribution >= 0.6 is 34.8 Å². The van der Waals surface area contributed by atoms with Crippen molar-refractivity contribution in [1.29, 1.82) is 0 Å². The largest absolute Gasteiger partial charge is 0.322 e. The fraction of sp³-hybridized carbons (Fsp3) is 0.316. The van der Waals surface area contributed by atoms with Crippen LogP contribution in [-0.4, -0.2) is 38.6 Å². The van der Waals surface area contributed by atoms with Crippen molar-refractivity contribution < 1.29 is 14.6 Å². The average Bonchev–Trinajstić information content (AvgIpc) is 2.60. The maximum absolute atomic E-state index is 12.3. The van der Waals surface area contributed by atoms with E-state index in [0.29, 0.717) is 22.3 Å². The summed E-state index contributed by atoms with van der Waals surface area (Å²) in [6, 6.07) is 13.2. The van der Waals surface area contributed by atoms with E-state index in [1.54, 1.807) is 18.2 Å². The van der Waals surface area contributed by atoms with Crippen LogP contribution in [0.1, 0.15) is 5.56 Å². The molecule has 7 heteroatoms. The molecule has 0 saturated carbocycles. The molecule has 0 radical (unpaired) electrons. The Morgan fingerprint density at radius 2 is 1.54 bits per heavy atom. The molecule has 1 fully saturated rings. The summed E-state index contributed by atoms with van der Waals surface area (Å²) in [7, 11) is 0. The molecule has 4 nitrogen and oxygen atoms in total. The van der Waals surface area contributed by atoms with Gasteiger partial charge >= 0.3 is 0 Å². The van der Waals surface area contributed by atoms with E-state index in [1.807, 2.05) is 18.2 Å². The topological polar surface area (TPSA) is 38.0 Å². The Bertz CT molecular complexity index is 756. The molecular weight excluding hydrogens is 393 g/mol. The number of rotatable bonds is 5. The number of hydrogen-bond donors (Lipinski definition) is 3. The van der Waals surface area contributed by atoms with Crippen LogP contribution in [0.15, 0.2) is 42.5 Å². The predicted molar refractivity (Wildman–Crippen MR) is 107 cm³/mol. The first-order chi connectivity index (χ1) is 12.5. The molecule has 0 unspecified atom stereocenters. The second-order valence-electron chi connectivity index (χ2n) is 6.63. The third-order valence-corrected chi connectivity index (χ3v) is 5.51. The van der Waals surface area contributed by atoms with Gasteiger partial charge < -0.3 is 15.1 Å². The highest BCUT2D eigenvalue weighted by Crippen LogP contribution is 2.29. The monoisotopic (exact) mass is 413 g/mol. The van der Waals surface area contributed by atoms with Crippen LogP contribution in [-0.2, 0) is 11.3 Å². The molecule has 1 amide bonds. The van der Waals surface area contributed by atoms with E-state index < -0.39 is 0 Å². The summed E-state index contributed by atoms with van der Waals surface area (Å²) in [5, 5.41) is 4.53. The first-order valence-electron chi connectivity index (χ1n) is 8.66. The molecule has 0 atom stereocenters. The second kappa shape index (κ2) is 9.07. The summed E-state index contributed by atoms with van der Waals surface area (Å²) < 4.78 is 0. The van der Waals surface area contributed by atoms with Gasteiger partial charge in [-0.1, -0.05) is 53.0 Å². The number of para-hydroxylation sites is 1. The number of carbonyl (C=O) groups is 1. The maximum atomic E-state index is 12.3. The molecule has 26 heavy (non-hydrogen) atoms. The first kappa shape index (κ1) is 19.5. The summed E-state index contributed by atoms with van der Waals surface area (Å²) in [6.07, 6.45) is 0. The van der Waals surface area contributed by atoms with E-state index in [2.05, 4.69) is 11.4 Å². The van der Waals surface area contributed by atoms with E-state index in [1.165, 1.54) is 15.4 Å². The van der Waals surface area contributed by atoms with Gasteiger partial charge in [-0.05, 0) is 24.3 Å². The molecule has 1 heterocycles. The molecule has 0 aromatic heterocycles. The highest BCUT2D eigenvalue weighted by molar-refractivity contribution is 6.39. The summed E-state index contributed by atoms with van der Waals surface area (Å²) in [5.74, 6) is -0.0618. The van der Waals surface area contributed by atoms with Crippen molar-refractivity contribution in [2.24, 2.45) is 0 Å². The second-order valence-corrected chi connectivity index (χ2v) is 7.88. The molecule has 1 saturated heterocycles. The zero-order chi connectivity index (χ0) is 18.5. The van der Waals surface area contributed by atoms with Crippen molar-refractivity contribution in [3.63, 3.8) is 0 Å². The van der Waals surface area contributed by atoms with Crippen LogP contribution < -0.4 is 15.1 Å². The molecule has 0 spiro atoms. The Morgan fingerprint density at radius 3 is 2.19 bits per heavy atom. The number of hydrogen-bond acceptors (Lipinski definition) is 1. The first-order valence-corrected chi connectivity index (χ1v) is 9.80. The number of halogens is 3. The molecule has 0 aliphatic carbocycles. The summed E-state index contributed by atoms with van der Waals surface area (Å²) in [4.78, 5) is 15.1. The third kappa shape index (κ3) is 5.35. The number of amides is 1. The quantitative estimate of drug-likeness (QED) is 0.683. The number of anilines is 1. The van der Waals surface area contributed by atoms with Crippen molar-refractivity contribution in [2.75, 3.05) is 38.0 Å². The summed E-state index contributed by atoms with van der Waals surface area (Å²) >= 11 is 18.3. The maximum Gasteiger partial charge on any atom is 0.279 e. The van der Waals surface area contributed by atoms with Gasteiger partial charge in [-0.2, -0.15) is 0 Å². The van der Waals surface area contributed by atoms with Crippen molar-refractivity contribution in [1.82, 2.24) is 0 Å². The smallest absolute Gasteiger partial charge is 0.279 e. The molecule has 1 aliphatic heterocycles. The van der Waals surface area contributed by atoms with E-state index in [0.717, 1.165) is 37.7 Å². The number of benzene rings is 2. The van der Waals surface area contributed by atoms with Gasteiger partial charge in [0.15, 0.2) is 6.54 Å². The Morgan fingerprint density at radius 1 is 0.923 bits per heavy atom. The molecule has 3 N–H and O–H groups in total. The zero-order valence-electron chi connectivity index (χ0n) is 14.3. The van der Waals surface area contributed by atoms with Crippen LogP contribution in [0.5, 0.6) is 0 Å². The SMILES string of the molecule is O=C(C[NH+]1CC[NH+](Cc2cccc(Cl)c2)CC1)Nc1c(Cl)cccc1Cl. The Labute approximate surface area is 168 Å². The lowest BCUT2D eigenvalue weighted by molar-refractivity contribution is -1.02. The lowest BCUT2D eigenvalue weighted by Gasteiger charge is -2.29. The van der Waals surface area contributed by atoms with Crippen LogP contribution in [0.3, 0.4) is 0 Å². The fourth-order valence-electron chi connectivity index (χ4n) is 3.27. The molecule has 2 aromatic carbocycles. The van der Waals surface area contributed by atoms with Crippen LogP contribution in [0.25, 0.3) is 0 Å². The van der Waals surface area contributed by atoms with Crippen LogP contribution in [0.4, 0.5) is 5.69 Å². The van der Waals surface area contributed by atoms with Crippen LogP contribution in [0, 0.1) is 0 Å². The third-order valence-electron chi connectivity index (χ3n) is 4.65. The normalized spacial score (nSPS) is 20.0. The van der Waals surface area contributed by atoms with Crippen LogP contribution in [0.2, 0.25) is 15.1 Å². The van der Waals surface area contributed by atoms with Crippen molar-refractivity contribution in [2.45, 2.75) is 6.54 Å². The Hall–Kier alpha value is -1.30. The van der Waals surface area contributed by atoms with Gasteiger partial charge in [0.1, 0.15) is 32.7 Å². The molecule has 1 aliphatic rings. The standard InChI is InChI=1S/C19H20Cl3N3O/c20-15-4-1-3-14(11-15)12-24-7-9-25(10-8-24)13-18(26)23-19-16(21)5-2-6-17(19)22/h1-6,11H,7-10,12-13H2,(H,23,26)/p+2. The van der Waals surface area contributed by atoms with Crippen molar-refractivity contribution >= 4 is 46.4 Å². The molecule has 0 bridgehead atoms. The van der Waals surface area contributed by atoms with Gasteiger partial charge in [-0.25, -0.2) is 0 Å². The molecule has 138 valence electrons.